The van der Waals surface area contributed by atoms with Crippen LogP contribution in [0.15, 0.2) is 23.1 Å². The fraction of sp³-hybridized carbons (Fsp3) is 0.125. The van der Waals surface area contributed by atoms with E-state index in [9.17, 15) is 13.2 Å². The van der Waals surface area contributed by atoms with Crippen LogP contribution in [0.2, 0.25) is 0 Å². The lowest BCUT2D eigenvalue weighted by Crippen LogP contribution is -2.17. The smallest absolute Gasteiger partial charge is 0.339 e. The average molecular weight is 341 g/mol. The van der Waals surface area contributed by atoms with Crippen molar-refractivity contribution >= 4 is 38.6 Å². The lowest BCUT2D eigenvalue weighted by molar-refractivity contribution is 0.0596. The summed E-state index contributed by atoms with van der Waals surface area (Å²) in [5.41, 5.74) is -0.0492. The summed E-state index contributed by atoms with van der Waals surface area (Å²) in [6.07, 6.45) is 0. The first-order valence-corrected chi connectivity index (χ1v) is 6.39. The van der Waals surface area contributed by atoms with Crippen LogP contribution in [0.25, 0.3) is 0 Å². The van der Waals surface area contributed by atoms with Gasteiger partial charge in [0, 0.05) is 3.57 Å². The molecule has 82 valence electrons. The summed E-state index contributed by atoms with van der Waals surface area (Å²) >= 11 is 1.96. The van der Waals surface area contributed by atoms with Crippen LogP contribution in [-0.2, 0) is 14.8 Å². The number of primary sulfonamides is 1. The summed E-state index contributed by atoms with van der Waals surface area (Å²) in [5, 5.41) is 4.96. The second-order valence-electron chi connectivity index (χ2n) is 2.68. The van der Waals surface area contributed by atoms with Crippen LogP contribution in [0.5, 0.6) is 0 Å². The van der Waals surface area contributed by atoms with Crippen LogP contribution in [0.1, 0.15) is 10.4 Å². The van der Waals surface area contributed by atoms with Gasteiger partial charge in [0.25, 0.3) is 0 Å². The number of hydrogen-bond acceptors (Lipinski definition) is 4. The summed E-state index contributed by atoms with van der Waals surface area (Å²) in [6, 6.07) is 4.24. The van der Waals surface area contributed by atoms with Gasteiger partial charge in [-0.25, -0.2) is 18.4 Å². The van der Waals surface area contributed by atoms with E-state index in [4.69, 9.17) is 5.14 Å². The molecule has 15 heavy (non-hydrogen) atoms. The molecular formula is C8H8INO4S. The molecule has 1 rings (SSSR count). The Morgan fingerprint density at radius 2 is 2.07 bits per heavy atom. The number of esters is 1. The molecule has 0 aliphatic rings. The fourth-order valence-electron chi connectivity index (χ4n) is 1.02. The number of halogens is 1. The van der Waals surface area contributed by atoms with Gasteiger partial charge >= 0.3 is 5.97 Å². The van der Waals surface area contributed by atoms with Crippen LogP contribution in [-0.4, -0.2) is 21.5 Å². The molecule has 2 N–H and O–H groups in total. The zero-order chi connectivity index (χ0) is 11.6. The predicted molar refractivity (Wildman–Crippen MR) is 61.9 cm³/mol. The highest BCUT2D eigenvalue weighted by atomic mass is 127. The van der Waals surface area contributed by atoms with Gasteiger partial charge in [-0.1, -0.05) is 0 Å². The standard InChI is InChI=1S/C8H8INO4S/c1-14-8(11)6-4-5(9)2-3-7(6)15(10,12)13/h2-4H,1H3,(H2,10,12,13). The van der Waals surface area contributed by atoms with Crippen molar-refractivity contribution in [3.63, 3.8) is 0 Å². The highest BCUT2D eigenvalue weighted by molar-refractivity contribution is 14.1. The first-order valence-electron chi connectivity index (χ1n) is 3.77. The highest BCUT2D eigenvalue weighted by Crippen LogP contribution is 2.18. The molecular weight excluding hydrogens is 333 g/mol. The van der Waals surface area contributed by atoms with E-state index < -0.39 is 16.0 Å². The Balaban J connectivity index is 3.47. The zero-order valence-electron chi connectivity index (χ0n) is 7.73. The molecule has 1 aromatic carbocycles. The number of carbonyl (C=O) groups excluding carboxylic acids is 1. The van der Waals surface area contributed by atoms with E-state index >= 15 is 0 Å². The molecule has 7 heteroatoms. The maximum atomic E-state index is 11.3. The monoisotopic (exact) mass is 341 g/mol. The Hall–Kier alpha value is -0.670. The molecule has 0 aliphatic carbocycles. The van der Waals surface area contributed by atoms with Gasteiger partial charge in [-0.3, -0.25) is 0 Å². The number of sulfonamides is 1. The second kappa shape index (κ2) is 4.45. The lowest BCUT2D eigenvalue weighted by Gasteiger charge is -2.05. The van der Waals surface area contributed by atoms with Gasteiger partial charge < -0.3 is 4.74 Å². The van der Waals surface area contributed by atoms with Crippen molar-refractivity contribution in [3.05, 3.63) is 27.3 Å². The molecule has 1 aromatic rings. The molecule has 0 saturated carbocycles. The molecule has 0 heterocycles. The Labute approximate surface area is 101 Å². The zero-order valence-corrected chi connectivity index (χ0v) is 10.7. The van der Waals surface area contributed by atoms with E-state index in [1.54, 1.807) is 6.07 Å². The highest BCUT2D eigenvalue weighted by Gasteiger charge is 2.19. The van der Waals surface area contributed by atoms with Gasteiger partial charge in [0.05, 0.1) is 17.6 Å². The first kappa shape index (κ1) is 12.4. The summed E-state index contributed by atoms with van der Waals surface area (Å²) in [5.74, 6) is -0.724. The van der Waals surface area contributed by atoms with Crippen LogP contribution in [0.3, 0.4) is 0 Å². The molecule has 0 aromatic heterocycles. The third kappa shape index (κ3) is 2.89. The van der Waals surface area contributed by atoms with Gasteiger partial charge in [-0.05, 0) is 40.8 Å². The van der Waals surface area contributed by atoms with Crippen LogP contribution >= 0.6 is 22.6 Å². The van der Waals surface area contributed by atoms with Gasteiger partial charge in [0.1, 0.15) is 0 Å². The summed E-state index contributed by atoms with van der Waals surface area (Å²) in [6.45, 7) is 0. The third-order valence-electron chi connectivity index (χ3n) is 1.65. The maximum absolute atomic E-state index is 11.3. The number of carbonyl (C=O) groups is 1. The number of hydrogen-bond donors (Lipinski definition) is 1. The number of ether oxygens (including phenoxy) is 1. The molecule has 0 amide bonds. The minimum Gasteiger partial charge on any atom is -0.465 e. The van der Waals surface area contributed by atoms with Crippen molar-refractivity contribution in [3.8, 4) is 0 Å². The molecule has 0 radical (unpaired) electrons. The van der Waals surface area contributed by atoms with E-state index in [0.717, 1.165) is 3.57 Å². The van der Waals surface area contributed by atoms with Crippen molar-refractivity contribution in [2.75, 3.05) is 7.11 Å². The van der Waals surface area contributed by atoms with Crippen molar-refractivity contribution in [2.24, 2.45) is 5.14 Å². The molecule has 0 saturated heterocycles. The maximum Gasteiger partial charge on any atom is 0.339 e. The molecule has 0 aliphatic heterocycles. The minimum atomic E-state index is -3.91. The van der Waals surface area contributed by atoms with E-state index in [0.29, 0.717) is 0 Å². The molecule has 0 unspecified atom stereocenters. The van der Waals surface area contributed by atoms with E-state index in [1.807, 2.05) is 22.6 Å². The molecule has 0 fully saturated rings. The summed E-state index contributed by atoms with van der Waals surface area (Å²) in [7, 11) is -2.73. The quantitative estimate of drug-likeness (QED) is 0.635. The van der Waals surface area contributed by atoms with Gasteiger partial charge in [-0.2, -0.15) is 0 Å². The number of nitrogens with two attached hydrogens (primary N) is 1. The Kier molecular flexibility index (Phi) is 3.68. The van der Waals surface area contributed by atoms with Crippen LogP contribution < -0.4 is 5.14 Å². The molecule has 0 atom stereocenters. The Bertz CT molecular complexity index is 497. The molecule has 5 nitrogen and oxygen atoms in total. The van der Waals surface area contributed by atoms with Crippen molar-refractivity contribution in [1.29, 1.82) is 0 Å². The number of methoxy groups -OCH3 is 1. The van der Waals surface area contributed by atoms with E-state index in [2.05, 4.69) is 4.74 Å². The summed E-state index contributed by atoms with van der Waals surface area (Å²) < 4.78 is 27.5. The second-order valence-corrected chi connectivity index (χ2v) is 5.45. The lowest BCUT2D eigenvalue weighted by atomic mass is 10.2. The largest absolute Gasteiger partial charge is 0.465 e. The van der Waals surface area contributed by atoms with Gasteiger partial charge in [-0.15, -0.1) is 0 Å². The van der Waals surface area contributed by atoms with Crippen molar-refractivity contribution in [2.45, 2.75) is 4.90 Å². The third-order valence-corrected chi connectivity index (χ3v) is 3.29. The topological polar surface area (TPSA) is 86.5 Å². The Morgan fingerprint density at radius 1 is 1.47 bits per heavy atom. The minimum absolute atomic E-state index is 0.0492. The van der Waals surface area contributed by atoms with Crippen LogP contribution in [0.4, 0.5) is 0 Å². The summed E-state index contributed by atoms with van der Waals surface area (Å²) in [4.78, 5) is 11.1. The van der Waals surface area contributed by atoms with Crippen molar-refractivity contribution < 1.29 is 17.9 Å². The first-order chi connectivity index (χ1) is 6.86. The van der Waals surface area contributed by atoms with Gasteiger partial charge in [0.2, 0.25) is 10.0 Å². The number of benzene rings is 1. The van der Waals surface area contributed by atoms with E-state index in [1.165, 1.54) is 19.2 Å². The normalized spacial score (nSPS) is 11.1. The molecule has 0 spiro atoms. The van der Waals surface area contributed by atoms with E-state index in [-0.39, 0.29) is 10.5 Å². The predicted octanol–water partition coefficient (Wildman–Crippen LogP) is 0.725. The fourth-order valence-corrected chi connectivity index (χ4v) is 2.22. The van der Waals surface area contributed by atoms with Crippen LogP contribution in [0, 0.1) is 3.57 Å². The number of rotatable bonds is 2. The average Bonchev–Trinajstić information content (AvgIpc) is 2.14. The van der Waals surface area contributed by atoms with Crippen molar-refractivity contribution in [1.82, 2.24) is 0 Å². The SMILES string of the molecule is COC(=O)c1cc(I)ccc1S(N)(=O)=O. The molecule has 0 bridgehead atoms. The van der Waals surface area contributed by atoms with Gasteiger partial charge in [0.15, 0.2) is 0 Å². The Morgan fingerprint density at radius 3 is 2.53 bits per heavy atom.